The minimum atomic E-state index is -2.31. The number of carbonyl (C=O) groups is 1. The molecule has 5 nitrogen and oxygen atoms in total. The molecule has 0 saturated carbocycles. The Balaban J connectivity index is 0. The van der Waals surface area contributed by atoms with Gasteiger partial charge in [0, 0.05) is 24.2 Å². The fourth-order valence-corrected chi connectivity index (χ4v) is 23.0. The van der Waals surface area contributed by atoms with Gasteiger partial charge in [-0.1, -0.05) is 34.1 Å². The molecule has 184 valence electrons. The maximum absolute atomic E-state index is 12.5. The summed E-state index contributed by atoms with van der Waals surface area (Å²) in [7, 11) is -3.31. The van der Waals surface area contributed by atoms with Crippen LogP contribution in [0.1, 0.15) is 66.2 Å². The van der Waals surface area contributed by atoms with E-state index >= 15 is 0 Å². The first-order valence-corrected chi connectivity index (χ1v) is 21.4. The molecule has 0 spiro atoms. The smallest absolute Gasteiger partial charge is 0.275 e. The molecule has 0 saturated heterocycles. The Hall–Kier alpha value is 0.0575. The molecule has 0 bridgehead atoms. The van der Waals surface area contributed by atoms with Gasteiger partial charge in [0.2, 0.25) is 0 Å². The third kappa shape index (κ3) is 18.2. The summed E-state index contributed by atoms with van der Waals surface area (Å²) >= 11 is 0. The monoisotopic (exact) mass is 505 g/mol. The van der Waals surface area contributed by atoms with Gasteiger partial charge in [-0.15, -0.1) is 0 Å². The van der Waals surface area contributed by atoms with Crippen LogP contribution in [0.15, 0.2) is 0 Å². The number of nitrogens with zero attached hydrogens (tertiary/aromatic N) is 1. The number of hydrogen-bond donors (Lipinski definition) is 0. The standard InChI is InChI=1S/C21H47NO4Si4.CH4/c1-8-27(24)19-30(20-28(25)9-2,26-29(5,6)7)18-14-12-16-21(23)15-11-10-13-17-22(3)4;/h8-20H2,1-7H3;1H4. The van der Waals surface area contributed by atoms with E-state index in [1.807, 2.05) is 13.8 Å². The van der Waals surface area contributed by atoms with Gasteiger partial charge in [-0.3, -0.25) is 4.79 Å². The lowest BCUT2D eigenvalue weighted by atomic mass is 10.1. The van der Waals surface area contributed by atoms with E-state index in [2.05, 4.69) is 38.6 Å². The predicted molar refractivity (Wildman–Crippen MR) is 141 cm³/mol. The highest BCUT2D eigenvalue weighted by atomic mass is 28.5. The van der Waals surface area contributed by atoms with E-state index < -0.39 is 34.0 Å². The zero-order valence-electron chi connectivity index (χ0n) is 20.8. The van der Waals surface area contributed by atoms with Crippen LogP contribution in [0, 0.1) is 0 Å². The van der Waals surface area contributed by atoms with Gasteiger partial charge in [-0.25, -0.2) is 0 Å². The number of carbonyl (C=O) groups excluding carboxylic acids is 1. The van der Waals surface area contributed by atoms with Crippen LogP contribution in [0.3, 0.4) is 0 Å². The SMILES string of the molecule is C.CC[Si](=O)C[Si](CCCCC(=O)CCCCCN(C)C)(C[Si](=O)CC)O[Si](C)(C)C. The number of rotatable bonds is 19. The van der Waals surface area contributed by atoms with Gasteiger partial charge >= 0.3 is 0 Å². The van der Waals surface area contributed by atoms with E-state index in [1.165, 1.54) is 0 Å². The highest BCUT2D eigenvalue weighted by Gasteiger charge is 2.42. The van der Waals surface area contributed by atoms with Gasteiger partial charge in [0.05, 0.1) is 0 Å². The third-order valence-corrected chi connectivity index (χ3v) is 20.6. The minimum Gasteiger partial charge on any atom is -0.455 e. The molecule has 0 fully saturated rings. The molecule has 0 aliphatic carbocycles. The van der Waals surface area contributed by atoms with Crippen molar-refractivity contribution in [2.24, 2.45) is 0 Å². The first-order chi connectivity index (χ1) is 13.9. The van der Waals surface area contributed by atoms with Crippen molar-refractivity contribution in [3.63, 3.8) is 0 Å². The molecule has 31 heavy (non-hydrogen) atoms. The predicted octanol–water partition coefficient (Wildman–Crippen LogP) is 6.24. The van der Waals surface area contributed by atoms with Gasteiger partial charge in [0.25, 0.3) is 17.4 Å². The van der Waals surface area contributed by atoms with E-state index in [0.717, 1.165) is 44.7 Å². The summed E-state index contributed by atoms with van der Waals surface area (Å²) in [4.78, 5) is 14.4. The molecule has 0 aromatic heterocycles. The molecule has 0 aliphatic rings. The van der Waals surface area contributed by atoms with Gasteiger partial charge in [0.1, 0.15) is 5.78 Å². The van der Waals surface area contributed by atoms with Crippen molar-refractivity contribution in [1.29, 1.82) is 0 Å². The van der Waals surface area contributed by atoms with Crippen molar-refractivity contribution in [3.05, 3.63) is 0 Å². The average molecular weight is 506 g/mol. The summed E-state index contributed by atoms with van der Waals surface area (Å²) in [5.74, 6) is 0.363. The Bertz CT molecular complexity index is 518. The topological polar surface area (TPSA) is 63.7 Å². The number of Topliss-reactive ketones (excluding diaryl/α,β-unsaturated/α-hetero) is 1. The molecule has 0 rings (SSSR count). The third-order valence-electron chi connectivity index (χ3n) is 5.25. The van der Waals surface area contributed by atoms with Crippen LogP contribution in [0.25, 0.3) is 0 Å². The Morgan fingerprint density at radius 2 is 1.32 bits per heavy atom. The first-order valence-electron chi connectivity index (χ1n) is 11.8. The van der Waals surface area contributed by atoms with Gasteiger partial charge in [-0.05, 0) is 77.7 Å². The number of unbranched alkanes of at least 4 members (excludes halogenated alkanes) is 3. The molecule has 0 aromatic rings. The molecule has 0 unspecified atom stereocenters. The molecule has 0 aromatic carbocycles. The molecular weight excluding hydrogens is 455 g/mol. The largest absolute Gasteiger partial charge is 0.455 e. The summed E-state index contributed by atoms with van der Waals surface area (Å²) in [6, 6.07) is 2.31. The van der Waals surface area contributed by atoms with Crippen LogP contribution in [0.4, 0.5) is 0 Å². The lowest BCUT2D eigenvalue weighted by molar-refractivity contribution is -0.119. The van der Waals surface area contributed by atoms with Gasteiger partial charge in [0.15, 0.2) is 16.6 Å². The fraction of sp³-hybridized carbons (Fsp3) is 0.955. The molecule has 9 heteroatoms. The number of hydrogen-bond acceptors (Lipinski definition) is 5. The van der Waals surface area contributed by atoms with E-state index in [-0.39, 0.29) is 7.43 Å². The highest BCUT2D eigenvalue weighted by Crippen LogP contribution is 2.30. The molecule has 0 atom stereocenters. The van der Waals surface area contributed by atoms with Crippen molar-refractivity contribution in [3.8, 4) is 0 Å². The first kappa shape index (κ1) is 33.2. The van der Waals surface area contributed by atoms with E-state index in [1.54, 1.807) is 0 Å². The van der Waals surface area contributed by atoms with Crippen molar-refractivity contribution in [2.45, 2.75) is 115 Å². The van der Waals surface area contributed by atoms with E-state index in [0.29, 0.717) is 42.0 Å². The maximum atomic E-state index is 12.5. The second kappa shape index (κ2) is 17.5. The van der Waals surface area contributed by atoms with Crippen LogP contribution in [0.5, 0.6) is 0 Å². The molecular formula is C22H51NO4Si4. The van der Waals surface area contributed by atoms with Crippen LogP contribution >= 0.6 is 0 Å². The van der Waals surface area contributed by atoms with Crippen molar-refractivity contribution in [1.82, 2.24) is 4.90 Å². The number of ketones is 1. The molecule has 0 aliphatic heterocycles. The lowest BCUT2D eigenvalue weighted by Gasteiger charge is -2.37. The van der Waals surface area contributed by atoms with Crippen LogP contribution in [0.2, 0.25) is 49.1 Å². The zero-order chi connectivity index (χ0) is 23.2. The average Bonchev–Trinajstić information content (AvgIpc) is 2.63. The molecule has 0 N–H and O–H groups in total. The Kier molecular flexibility index (Phi) is 18.8. The quantitative estimate of drug-likeness (QED) is 0.153. The lowest BCUT2D eigenvalue weighted by Crippen LogP contribution is -2.50. The zero-order valence-corrected chi connectivity index (χ0v) is 24.8. The summed E-state index contributed by atoms with van der Waals surface area (Å²) in [6.45, 7) is 11.6. The van der Waals surface area contributed by atoms with Crippen LogP contribution in [-0.2, 0) is 17.8 Å². The van der Waals surface area contributed by atoms with Gasteiger partial charge < -0.3 is 17.9 Å². The fourth-order valence-electron chi connectivity index (χ4n) is 3.80. The van der Waals surface area contributed by atoms with Crippen molar-refractivity contribution >= 4 is 39.8 Å². The van der Waals surface area contributed by atoms with Crippen molar-refractivity contribution in [2.75, 3.05) is 20.6 Å². The second-order valence-corrected chi connectivity index (χ2v) is 24.2. The van der Waals surface area contributed by atoms with Crippen LogP contribution < -0.4 is 0 Å². The van der Waals surface area contributed by atoms with E-state index in [4.69, 9.17) is 4.12 Å². The maximum Gasteiger partial charge on any atom is 0.275 e. The summed E-state index contributed by atoms with van der Waals surface area (Å²) in [5.41, 5.74) is 1.35. The Morgan fingerprint density at radius 3 is 1.74 bits per heavy atom. The Labute approximate surface area is 198 Å². The molecule has 0 radical (unpaired) electrons. The molecule has 0 heterocycles. The summed E-state index contributed by atoms with van der Waals surface area (Å²) in [5, 5.41) is 0. The molecule has 0 amide bonds. The Morgan fingerprint density at radius 1 is 0.839 bits per heavy atom. The highest BCUT2D eigenvalue weighted by molar-refractivity contribution is 6.94. The van der Waals surface area contributed by atoms with Crippen molar-refractivity contribution < 1.29 is 17.8 Å². The summed E-state index contributed by atoms with van der Waals surface area (Å²) in [6.07, 6.45) is 6.38. The summed E-state index contributed by atoms with van der Waals surface area (Å²) < 4.78 is 31.8. The van der Waals surface area contributed by atoms with E-state index in [9.17, 15) is 13.7 Å². The normalized spacial score (nSPS) is 12.0. The van der Waals surface area contributed by atoms with Crippen LogP contribution in [-0.4, -0.2) is 65.3 Å². The second-order valence-electron chi connectivity index (χ2n) is 9.90. The minimum absolute atomic E-state index is 0. The van der Waals surface area contributed by atoms with Gasteiger partial charge in [-0.2, -0.15) is 0 Å².